The molecular formula is C21H22ClN5O. The minimum absolute atomic E-state index is 0.411. The topological polar surface area (TPSA) is 78.9 Å². The predicted molar refractivity (Wildman–Crippen MR) is 114 cm³/mol. The second kappa shape index (κ2) is 8.71. The minimum Gasteiger partial charge on any atom is -0.481 e. The highest BCUT2D eigenvalue weighted by molar-refractivity contribution is 6.17. The van der Waals surface area contributed by atoms with Crippen LogP contribution in [0.3, 0.4) is 0 Å². The van der Waals surface area contributed by atoms with Gasteiger partial charge in [-0.15, -0.1) is 11.6 Å². The number of nitrogen functional groups attached to an aromatic ring is 1. The fourth-order valence-corrected chi connectivity index (χ4v) is 3.00. The van der Waals surface area contributed by atoms with Crippen LogP contribution in [0.2, 0.25) is 0 Å². The van der Waals surface area contributed by atoms with Crippen LogP contribution in [0, 0.1) is 0 Å². The normalized spacial score (nSPS) is 10.4. The smallest absolute Gasteiger partial charge is 0.215 e. The first kappa shape index (κ1) is 19.6. The molecular weight excluding hydrogens is 374 g/mol. The Morgan fingerprint density at radius 1 is 1.04 bits per heavy atom. The molecule has 144 valence electrons. The van der Waals surface area contributed by atoms with Crippen molar-refractivity contribution in [3.8, 4) is 23.0 Å². The summed E-state index contributed by atoms with van der Waals surface area (Å²) in [5, 5.41) is 0. The molecule has 0 amide bonds. The third kappa shape index (κ3) is 3.64. The SMILES string of the molecule is CC.COc1ccc2nc(-c3cccnc3N)n(-c3ccc(CCl)cc3)c2n1. The minimum atomic E-state index is 0.411. The van der Waals surface area contributed by atoms with Crippen LogP contribution < -0.4 is 10.5 Å². The predicted octanol–water partition coefficient (Wildman–Crippen LogP) is 4.84. The number of halogens is 1. The first-order valence-electron chi connectivity index (χ1n) is 9.01. The zero-order chi connectivity index (χ0) is 20.1. The number of anilines is 1. The summed E-state index contributed by atoms with van der Waals surface area (Å²) in [7, 11) is 1.59. The van der Waals surface area contributed by atoms with E-state index in [-0.39, 0.29) is 0 Å². The largest absolute Gasteiger partial charge is 0.481 e. The van der Waals surface area contributed by atoms with Gasteiger partial charge >= 0.3 is 0 Å². The van der Waals surface area contributed by atoms with Crippen LogP contribution in [0.15, 0.2) is 54.7 Å². The Labute approximate surface area is 169 Å². The average Bonchev–Trinajstić information content (AvgIpc) is 3.13. The Balaban J connectivity index is 0.00000109. The number of nitrogens with two attached hydrogens (primary N) is 1. The van der Waals surface area contributed by atoms with E-state index in [1.807, 2.05) is 60.9 Å². The van der Waals surface area contributed by atoms with E-state index in [0.717, 1.165) is 22.3 Å². The van der Waals surface area contributed by atoms with E-state index in [9.17, 15) is 0 Å². The highest BCUT2D eigenvalue weighted by atomic mass is 35.5. The van der Waals surface area contributed by atoms with E-state index in [1.165, 1.54) is 0 Å². The highest BCUT2D eigenvalue weighted by Gasteiger charge is 2.18. The Hall–Kier alpha value is -3.12. The Bertz CT molecular complexity index is 1080. The summed E-state index contributed by atoms with van der Waals surface area (Å²) < 4.78 is 7.23. The van der Waals surface area contributed by atoms with Crippen molar-refractivity contribution in [1.29, 1.82) is 0 Å². The molecule has 2 N–H and O–H groups in total. The van der Waals surface area contributed by atoms with Crippen LogP contribution in [0.1, 0.15) is 19.4 Å². The number of imidazole rings is 1. The van der Waals surface area contributed by atoms with Crippen molar-refractivity contribution in [2.75, 3.05) is 12.8 Å². The molecule has 3 heterocycles. The number of hydrogen-bond acceptors (Lipinski definition) is 5. The number of pyridine rings is 2. The summed E-state index contributed by atoms with van der Waals surface area (Å²) in [6.45, 7) is 4.00. The number of methoxy groups -OCH3 is 1. The molecule has 0 radical (unpaired) electrons. The monoisotopic (exact) mass is 395 g/mol. The van der Waals surface area contributed by atoms with Crippen molar-refractivity contribution in [2.45, 2.75) is 19.7 Å². The number of alkyl halides is 1. The highest BCUT2D eigenvalue weighted by Crippen LogP contribution is 2.31. The van der Waals surface area contributed by atoms with Crippen LogP contribution in [0.25, 0.3) is 28.2 Å². The number of nitrogens with zero attached hydrogens (tertiary/aromatic N) is 4. The molecule has 0 atom stereocenters. The first-order valence-corrected chi connectivity index (χ1v) is 9.54. The van der Waals surface area contributed by atoms with Gasteiger partial charge in [0.05, 0.1) is 12.7 Å². The van der Waals surface area contributed by atoms with Gasteiger partial charge in [-0.2, -0.15) is 4.98 Å². The van der Waals surface area contributed by atoms with Crippen LogP contribution in [-0.4, -0.2) is 26.6 Å². The van der Waals surface area contributed by atoms with Gasteiger partial charge in [0, 0.05) is 23.8 Å². The van der Waals surface area contributed by atoms with Crippen molar-refractivity contribution < 1.29 is 4.74 Å². The summed E-state index contributed by atoms with van der Waals surface area (Å²) in [5.41, 5.74) is 10.2. The lowest BCUT2D eigenvalue weighted by atomic mass is 10.2. The van der Waals surface area contributed by atoms with E-state index in [0.29, 0.717) is 29.0 Å². The molecule has 0 aliphatic heterocycles. The summed E-state index contributed by atoms with van der Waals surface area (Å²) in [5.74, 6) is 2.06. The third-order valence-corrected chi connectivity index (χ3v) is 4.42. The van der Waals surface area contributed by atoms with E-state index in [4.69, 9.17) is 27.1 Å². The van der Waals surface area contributed by atoms with Gasteiger partial charge in [0.2, 0.25) is 5.88 Å². The van der Waals surface area contributed by atoms with Crippen molar-refractivity contribution in [3.63, 3.8) is 0 Å². The molecule has 0 saturated heterocycles. The number of benzene rings is 1. The number of aromatic nitrogens is 4. The van der Waals surface area contributed by atoms with Crippen LogP contribution in [0.4, 0.5) is 5.82 Å². The van der Waals surface area contributed by atoms with Crippen molar-refractivity contribution in [3.05, 3.63) is 60.3 Å². The van der Waals surface area contributed by atoms with Gasteiger partial charge in [-0.1, -0.05) is 26.0 Å². The van der Waals surface area contributed by atoms with Gasteiger partial charge in [0.1, 0.15) is 11.3 Å². The molecule has 1 aromatic carbocycles. The van der Waals surface area contributed by atoms with E-state index < -0.39 is 0 Å². The molecule has 7 heteroatoms. The molecule has 0 saturated carbocycles. The molecule has 3 aromatic heterocycles. The molecule has 0 spiro atoms. The van der Waals surface area contributed by atoms with Crippen LogP contribution in [0.5, 0.6) is 5.88 Å². The van der Waals surface area contributed by atoms with Crippen molar-refractivity contribution >= 4 is 28.6 Å². The number of ether oxygens (including phenoxy) is 1. The molecule has 0 aliphatic rings. The average molecular weight is 396 g/mol. The lowest BCUT2D eigenvalue weighted by Crippen LogP contribution is -2.02. The molecule has 0 unspecified atom stereocenters. The summed E-state index contributed by atoms with van der Waals surface area (Å²) in [6.07, 6.45) is 1.66. The fourth-order valence-electron chi connectivity index (χ4n) is 2.82. The van der Waals surface area contributed by atoms with Crippen LogP contribution >= 0.6 is 11.6 Å². The Morgan fingerprint density at radius 2 is 1.79 bits per heavy atom. The Morgan fingerprint density at radius 3 is 2.43 bits per heavy atom. The molecule has 0 fully saturated rings. The second-order valence-corrected chi connectivity index (χ2v) is 5.97. The van der Waals surface area contributed by atoms with Gasteiger partial charge < -0.3 is 10.5 Å². The summed E-state index contributed by atoms with van der Waals surface area (Å²) in [4.78, 5) is 13.5. The van der Waals surface area contributed by atoms with E-state index in [2.05, 4.69) is 9.97 Å². The quantitative estimate of drug-likeness (QED) is 0.500. The second-order valence-electron chi connectivity index (χ2n) is 5.70. The number of rotatable bonds is 4. The zero-order valence-electron chi connectivity index (χ0n) is 16.1. The van der Waals surface area contributed by atoms with E-state index >= 15 is 0 Å². The standard InChI is InChI=1S/C19H16ClN5O.C2H6/c1-26-16-9-8-15-19(24-16)25(13-6-4-12(11-20)5-7-13)18(23-15)14-3-2-10-22-17(14)21;1-2/h2-10H,11H2,1H3,(H2,21,22);1-2H3. The molecule has 6 nitrogen and oxygen atoms in total. The molecule has 0 aliphatic carbocycles. The molecule has 4 rings (SSSR count). The van der Waals surface area contributed by atoms with Crippen LogP contribution in [-0.2, 0) is 5.88 Å². The fraction of sp³-hybridized carbons (Fsp3) is 0.190. The van der Waals surface area contributed by atoms with Crippen molar-refractivity contribution in [1.82, 2.24) is 19.5 Å². The van der Waals surface area contributed by atoms with E-state index in [1.54, 1.807) is 19.4 Å². The molecule has 0 bridgehead atoms. The maximum Gasteiger partial charge on any atom is 0.215 e. The third-order valence-electron chi connectivity index (χ3n) is 4.12. The summed E-state index contributed by atoms with van der Waals surface area (Å²) >= 11 is 5.91. The zero-order valence-corrected chi connectivity index (χ0v) is 16.8. The number of hydrogen-bond donors (Lipinski definition) is 1. The van der Waals surface area contributed by atoms with Gasteiger partial charge in [0.25, 0.3) is 0 Å². The first-order chi connectivity index (χ1) is 13.7. The van der Waals surface area contributed by atoms with Gasteiger partial charge in [-0.05, 0) is 35.9 Å². The maximum atomic E-state index is 6.10. The molecule has 28 heavy (non-hydrogen) atoms. The van der Waals surface area contributed by atoms with Gasteiger partial charge in [0.15, 0.2) is 11.5 Å². The number of fused-ring (bicyclic) bond motifs is 1. The lowest BCUT2D eigenvalue weighted by molar-refractivity contribution is 0.399. The van der Waals surface area contributed by atoms with Gasteiger partial charge in [-0.25, -0.2) is 9.97 Å². The maximum absolute atomic E-state index is 6.10. The summed E-state index contributed by atoms with van der Waals surface area (Å²) in [6, 6.07) is 15.3. The van der Waals surface area contributed by atoms with Crippen molar-refractivity contribution in [2.24, 2.45) is 0 Å². The Kier molecular flexibility index (Phi) is 6.11. The lowest BCUT2D eigenvalue weighted by Gasteiger charge is -2.11. The van der Waals surface area contributed by atoms with Gasteiger partial charge in [-0.3, -0.25) is 4.57 Å². The molecule has 4 aromatic rings.